The highest BCUT2D eigenvalue weighted by molar-refractivity contribution is 7.92. The van der Waals surface area contributed by atoms with Crippen LogP contribution in [-0.2, 0) is 36.2 Å². The summed E-state index contributed by atoms with van der Waals surface area (Å²) in [6.45, 7) is 2.62. The van der Waals surface area contributed by atoms with Crippen molar-refractivity contribution < 1.29 is 43.5 Å². The lowest BCUT2D eigenvalue weighted by Crippen LogP contribution is -2.48. The van der Waals surface area contributed by atoms with Crippen LogP contribution in [0.3, 0.4) is 0 Å². The Morgan fingerprint density at radius 2 is 1.78 bits per heavy atom. The van der Waals surface area contributed by atoms with Crippen LogP contribution < -0.4 is 0 Å². The lowest BCUT2D eigenvalue weighted by atomic mass is 9.85. The molecule has 0 spiro atoms. The number of alkyl halides is 5. The Bertz CT molecular complexity index is 1230. The number of sulfone groups is 2. The molecule has 0 unspecified atom stereocenters. The van der Waals surface area contributed by atoms with Gasteiger partial charge in [-0.3, -0.25) is 5.10 Å². The number of hydrogen-bond acceptors (Lipinski definition) is 6. The van der Waals surface area contributed by atoms with Gasteiger partial charge in [0.2, 0.25) is 0 Å². The number of hydrogen-bond donors (Lipinski definition) is 1. The molecule has 1 saturated heterocycles. The molecule has 7 nitrogen and oxygen atoms in total. The molecule has 32 heavy (non-hydrogen) atoms. The molecule has 2 heterocycles. The van der Waals surface area contributed by atoms with Gasteiger partial charge in [0.15, 0.2) is 14.9 Å². The van der Waals surface area contributed by atoms with Crippen molar-refractivity contribution in [3.05, 3.63) is 41.6 Å². The smallest absolute Gasteiger partial charge is 0.369 e. The molecule has 0 amide bonds. The highest BCUT2D eigenvalue weighted by Gasteiger charge is 2.51. The second-order valence-corrected chi connectivity index (χ2v) is 12.2. The number of H-pyrrole nitrogens is 1. The third-order valence-corrected chi connectivity index (χ3v) is 9.32. The van der Waals surface area contributed by atoms with Gasteiger partial charge in [-0.1, -0.05) is 6.07 Å². The predicted molar refractivity (Wildman–Crippen MR) is 101 cm³/mol. The second kappa shape index (κ2) is 7.76. The fourth-order valence-electron chi connectivity index (χ4n) is 3.68. The number of benzene rings is 1. The maximum Gasteiger partial charge on any atom is 0.416 e. The Morgan fingerprint density at radius 3 is 2.38 bits per heavy atom. The summed E-state index contributed by atoms with van der Waals surface area (Å²) >= 11 is 0. The molecule has 0 radical (unpaired) electrons. The molecular weight excluding hydrogens is 483 g/mol. The summed E-state index contributed by atoms with van der Waals surface area (Å²) in [7, 11) is -9.31. The monoisotopic (exact) mass is 502 g/mol. The Hall–Kier alpha value is -2.06. The van der Waals surface area contributed by atoms with Crippen LogP contribution >= 0.6 is 0 Å². The zero-order valence-corrected chi connectivity index (χ0v) is 18.4. The standard InChI is InChI=1S/C18H19F5N2O5S2/c1-16(32(28,29)12-5-3-4-11(8-12)18(21,22)23)6-7-30-17(2,10-16)13-9-14(25-24-13)31(26,27)15(19)20/h3-5,8-9,15H,6-7,10H2,1-2H3,(H,24,25)/t16-,17+/m0/s1. The van der Waals surface area contributed by atoms with E-state index in [1.165, 1.54) is 13.8 Å². The number of nitrogens with one attached hydrogen (secondary N) is 1. The van der Waals surface area contributed by atoms with Gasteiger partial charge in [-0.15, -0.1) is 0 Å². The molecule has 2 aromatic rings. The molecule has 0 aliphatic carbocycles. The number of halogens is 5. The van der Waals surface area contributed by atoms with Crippen LogP contribution in [0.5, 0.6) is 0 Å². The third kappa shape index (κ3) is 4.15. The van der Waals surface area contributed by atoms with Crippen molar-refractivity contribution in [2.45, 2.75) is 58.9 Å². The van der Waals surface area contributed by atoms with Crippen LogP contribution in [0.1, 0.15) is 37.9 Å². The summed E-state index contributed by atoms with van der Waals surface area (Å²) in [6.07, 6.45) is -5.09. The van der Waals surface area contributed by atoms with Crippen LogP contribution in [-0.4, -0.2) is 44.1 Å². The quantitative estimate of drug-likeness (QED) is 0.626. The highest BCUT2D eigenvalue weighted by atomic mass is 32.2. The van der Waals surface area contributed by atoms with E-state index in [4.69, 9.17) is 4.74 Å². The molecule has 1 aliphatic rings. The van der Waals surface area contributed by atoms with Crippen molar-refractivity contribution in [2.75, 3.05) is 6.61 Å². The van der Waals surface area contributed by atoms with Gasteiger partial charge < -0.3 is 4.74 Å². The first-order valence-electron chi connectivity index (χ1n) is 9.17. The predicted octanol–water partition coefficient (Wildman–Crippen LogP) is 3.68. The van der Waals surface area contributed by atoms with E-state index in [0.29, 0.717) is 6.07 Å². The Balaban J connectivity index is 1.99. The van der Waals surface area contributed by atoms with E-state index in [1.807, 2.05) is 0 Å². The number of aromatic nitrogens is 2. The number of rotatable bonds is 5. The summed E-state index contributed by atoms with van der Waals surface area (Å²) in [6, 6.07) is 4.20. The number of aromatic amines is 1. The SMILES string of the molecule is C[C@]1(S(=O)(=O)c2cccc(C(F)(F)F)c2)CCO[C@@](C)(c2cc(S(=O)(=O)C(F)F)n[nH]2)C1. The normalized spacial score (nSPS) is 25.2. The molecule has 1 fully saturated rings. The van der Waals surface area contributed by atoms with Gasteiger partial charge in [0, 0.05) is 19.1 Å². The lowest BCUT2D eigenvalue weighted by Gasteiger charge is -2.43. The van der Waals surface area contributed by atoms with Crippen LogP contribution in [0.25, 0.3) is 0 Å². The van der Waals surface area contributed by atoms with Gasteiger partial charge in [0.05, 0.1) is 20.9 Å². The van der Waals surface area contributed by atoms with Crippen molar-refractivity contribution in [2.24, 2.45) is 0 Å². The Labute approximate surface area is 180 Å². The molecular formula is C18H19F5N2O5S2. The first kappa shape index (κ1) is 24.6. The first-order chi connectivity index (χ1) is 14.5. The molecule has 1 aromatic carbocycles. The zero-order chi connectivity index (χ0) is 24.2. The average molecular weight is 502 g/mol. The molecule has 1 N–H and O–H groups in total. The summed E-state index contributed by atoms with van der Waals surface area (Å²) in [4.78, 5) is -0.523. The van der Waals surface area contributed by atoms with E-state index >= 15 is 0 Å². The van der Waals surface area contributed by atoms with Crippen molar-refractivity contribution in [3.8, 4) is 0 Å². The van der Waals surface area contributed by atoms with Crippen molar-refractivity contribution in [1.29, 1.82) is 0 Å². The fraction of sp³-hybridized carbons (Fsp3) is 0.500. The molecule has 1 aliphatic heterocycles. The number of ether oxygens (including phenoxy) is 1. The van der Waals surface area contributed by atoms with Gasteiger partial charge in [-0.2, -0.15) is 27.1 Å². The van der Waals surface area contributed by atoms with Crippen molar-refractivity contribution >= 4 is 19.7 Å². The first-order valence-corrected chi connectivity index (χ1v) is 12.2. The van der Waals surface area contributed by atoms with Gasteiger partial charge in [-0.25, -0.2) is 16.8 Å². The minimum Gasteiger partial charge on any atom is -0.369 e. The molecule has 178 valence electrons. The molecule has 0 bridgehead atoms. The zero-order valence-electron chi connectivity index (χ0n) is 16.8. The molecule has 3 rings (SSSR count). The van der Waals surface area contributed by atoms with Crippen LogP contribution in [0.4, 0.5) is 22.0 Å². The Morgan fingerprint density at radius 1 is 1.12 bits per heavy atom. The van der Waals surface area contributed by atoms with E-state index in [-0.39, 0.29) is 25.1 Å². The number of nitrogens with zero attached hydrogens (tertiary/aromatic N) is 1. The molecule has 1 aromatic heterocycles. The van der Waals surface area contributed by atoms with Gasteiger partial charge in [0.1, 0.15) is 5.60 Å². The largest absolute Gasteiger partial charge is 0.416 e. The van der Waals surface area contributed by atoms with E-state index in [9.17, 15) is 38.8 Å². The van der Waals surface area contributed by atoms with E-state index in [1.54, 1.807) is 0 Å². The summed E-state index contributed by atoms with van der Waals surface area (Å²) in [5.74, 6) is -3.70. The van der Waals surface area contributed by atoms with Gasteiger partial charge >= 0.3 is 11.9 Å². The third-order valence-electron chi connectivity index (χ3n) is 5.53. The van der Waals surface area contributed by atoms with Crippen molar-refractivity contribution in [1.82, 2.24) is 10.2 Å². The Kier molecular flexibility index (Phi) is 5.96. The fourth-order valence-corrected chi connectivity index (χ4v) is 6.25. The molecule has 14 heteroatoms. The highest BCUT2D eigenvalue weighted by Crippen LogP contribution is 2.45. The summed E-state index contributed by atoms with van der Waals surface area (Å²) < 4.78 is 119. The van der Waals surface area contributed by atoms with Crippen LogP contribution in [0, 0.1) is 0 Å². The second-order valence-electron chi connectivity index (χ2n) is 7.91. The average Bonchev–Trinajstić information content (AvgIpc) is 3.19. The van der Waals surface area contributed by atoms with E-state index < -0.39 is 57.4 Å². The van der Waals surface area contributed by atoms with Gasteiger partial charge in [0.25, 0.3) is 9.84 Å². The summed E-state index contributed by atoms with van der Waals surface area (Å²) in [5.41, 5.74) is -2.65. The van der Waals surface area contributed by atoms with Gasteiger partial charge in [-0.05, 0) is 38.5 Å². The maximum atomic E-state index is 13.3. The topological polar surface area (TPSA) is 106 Å². The summed E-state index contributed by atoms with van der Waals surface area (Å²) in [5, 5.41) is 4.76. The molecule has 0 saturated carbocycles. The molecule has 2 atom stereocenters. The van der Waals surface area contributed by atoms with E-state index in [0.717, 1.165) is 24.3 Å². The lowest BCUT2D eigenvalue weighted by molar-refractivity contribution is -0.137. The minimum atomic E-state index is -5.00. The van der Waals surface area contributed by atoms with Crippen LogP contribution in [0.15, 0.2) is 40.3 Å². The maximum absolute atomic E-state index is 13.3. The van der Waals surface area contributed by atoms with Crippen LogP contribution in [0.2, 0.25) is 0 Å². The van der Waals surface area contributed by atoms with E-state index in [2.05, 4.69) is 10.2 Å². The van der Waals surface area contributed by atoms with Crippen molar-refractivity contribution in [3.63, 3.8) is 0 Å². The minimum absolute atomic E-state index is 0.0538.